The summed E-state index contributed by atoms with van der Waals surface area (Å²) in [5, 5.41) is 0. The summed E-state index contributed by atoms with van der Waals surface area (Å²) in [6.07, 6.45) is 48.1. The van der Waals surface area contributed by atoms with Crippen molar-refractivity contribution in [1.29, 1.82) is 0 Å². The Bertz CT molecular complexity index is 872. The molecule has 0 aliphatic rings. The van der Waals surface area contributed by atoms with E-state index in [1.54, 1.807) is 0 Å². The quantitative estimate of drug-likeness (QED) is 0.0346. The van der Waals surface area contributed by atoms with Crippen LogP contribution in [0.4, 0.5) is 0 Å². The van der Waals surface area contributed by atoms with Crippen LogP contribution in [0.25, 0.3) is 0 Å². The van der Waals surface area contributed by atoms with Gasteiger partial charge in [-0.15, -0.1) is 0 Å². The van der Waals surface area contributed by atoms with Crippen LogP contribution in [-0.2, 0) is 28.6 Å². The number of esters is 3. The number of hydrogen-bond acceptors (Lipinski definition) is 6. The molecule has 344 valence electrons. The first kappa shape index (κ1) is 56.4. The van der Waals surface area contributed by atoms with Crippen LogP contribution in [0.5, 0.6) is 0 Å². The van der Waals surface area contributed by atoms with Crippen LogP contribution in [0.2, 0.25) is 0 Å². The van der Waals surface area contributed by atoms with Crippen molar-refractivity contribution in [1.82, 2.24) is 0 Å². The third kappa shape index (κ3) is 45.5. The second-order valence-electron chi connectivity index (χ2n) is 18.3. The van der Waals surface area contributed by atoms with Gasteiger partial charge in [-0.25, -0.2) is 0 Å². The maximum absolute atomic E-state index is 12.7. The van der Waals surface area contributed by atoms with E-state index in [1.807, 2.05) is 0 Å². The third-order valence-electron chi connectivity index (χ3n) is 11.8. The molecular formula is C52H100O6. The first-order chi connectivity index (χ1) is 28.4. The van der Waals surface area contributed by atoms with Gasteiger partial charge in [-0.05, 0) is 25.2 Å². The molecule has 6 heteroatoms. The van der Waals surface area contributed by atoms with Gasteiger partial charge in [-0.3, -0.25) is 14.4 Å². The summed E-state index contributed by atoms with van der Waals surface area (Å²) in [4.78, 5) is 37.8. The Kier molecular flexibility index (Phi) is 45.2. The second-order valence-corrected chi connectivity index (χ2v) is 18.3. The van der Waals surface area contributed by atoms with Crippen molar-refractivity contribution in [3.8, 4) is 0 Å². The highest BCUT2D eigenvalue weighted by atomic mass is 16.6. The van der Waals surface area contributed by atoms with Crippen molar-refractivity contribution in [2.75, 3.05) is 13.2 Å². The van der Waals surface area contributed by atoms with Gasteiger partial charge in [-0.1, -0.05) is 252 Å². The summed E-state index contributed by atoms with van der Waals surface area (Å²) < 4.78 is 16.7. The van der Waals surface area contributed by atoms with Gasteiger partial charge in [0.15, 0.2) is 6.10 Å². The first-order valence-electron chi connectivity index (χ1n) is 25.9. The fraction of sp³-hybridized carbons (Fsp3) is 0.942. The van der Waals surface area contributed by atoms with Crippen molar-refractivity contribution in [2.45, 2.75) is 297 Å². The van der Waals surface area contributed by atoms with Crippen molar-refractivity contribution in [3.05, 3.63) is 0 Å². The van der Waals surface area contributed by atoms with Crippen LogP contribution >= 0.6 is 0 Å². The van der Waals surface area contributed by atoms with Gasteiger partial charge in [0.1, 0.15) is 13.2 Å². The molecule has 0 saturated heterocycles. The summed E-state index contributed by atoms with van der Waals surface area (Å²) in [7, 11) is 0. The minimum absolute atomic E-state index is 0.0629. The molecule has 0 N–H and O–H groups in total. The highest BCUT2D eigenvalue weighted by Crippen LogP contribution is 2.17. The first-order valence-corrected chi connectivity index (χ1v) is 25.9. The van der Waals surface area contributed by atoms with Crippen molar-refractivity contribution in [3.63, 3.8) is 0 Å². The lowest BCUT2D eigenvalue weighted by molar-refractivity contribution is -0.167. The molecule has 1 atom stereocenters. The summed E-state index contributed by atoms with van der Waals surface area (Å²) in [6.45, 7) is 9.01. The average Bonchev–Trinajstić information content (AvgIpc) is 3.21. The van der Waals surface area contributed by atoms with E-state index in [9.17, 15) is 14.4 Å². The van der Waals surface area contributed by atoms with Crippen molar-refractivity contribution < 1.29 is 28.6 Å². The third-order valence-corrected chi connectivity index (χ3v) is 11.8. The Morgan fingerprint density at radius 3 is 0.845 bits per heavy atom. The average molecular weight is 821 g/mol. The Balaban J connectivity index is 4.14. The molecule has 58 heavy (non-hydrogen) atoms. The van der Waals surface area contributed by atoms with Gasteiger partial charge in [0, 0.05) is 19.3 Å². The zero-order valence-corrected chi connectivity index (χ0v) is 39.5. The number of hydrogen-bond donors (Lipinski definition) is 0. The van der Waals surface area contributed by atoms with E-state index in [-0.39, 0.29) is 31.1 Å². The van der Waals surface area contributed by atoms with E-state index in [1.165, 1.54) is 186 Å². The molecule has 0 fully saturated rings. The standard InChI is InChI=1S/C52H100O6/c1-5-7-9-11-13-15-28-33-37-41-45-52(55)58-49(46-56-50(53)43-39-35-31-26-14-12-10-8-6-2)47-57-51(54)44-40-36-32-29-25-23-21-19-17-16-18-20-22-24-27-30-34-38-42-48(3)4/h48-49H,5-47H2,1-4H3/t49-/m0/s1. The molecule has 0 aliphatic carbocycles. The SMILES string of the molecule is CCCCCCCCCCCCC(=O)O[C@@H](COC(=O)CCCCCCCCCCC)COC(=O)CCCCCCCCCCCCCCCCCCCCC(C)C. The largest absolute Gasteiger partial charge is 0.462 e. The lowest BCUT2D eigenvalue weighted by Crippen LogP contribution is -2.30. The molecule has 0 saturated carbocycles. The molecule has 0 aromatic heterocycles. The van der Waals surface area contributed by atoms with E-state index < -0.39 is 6.10 Å². The Morgan fingerprint density at radius 1 is 0.328 bits per heavy atom. The summed E-state index contributed by atoms with van der Waals surface area (Å²) >= 11 is 0. The Hall–Kier alpha value is -1.59. The number of rotatable bonds is 47. The summed E-state index contributed by atoms with van der Waals surface area (Å²) in [5.41, 5.74) is 0. The molecule has 0 amide bonds. The predicted octanol–water partition coefficient (Wildman–Crippen LogP) is 16.7. The van der Waals surface area contributed by atoms with E-state index in [4.69, 9.17) is 14.2 Å². The van der Waals surface area contributed by atoms with Crippen LogP contribution in [-0.4, -0.2) is 37.2 Å². The van der Waals surface area contributed by atoms with Gasteiger partial charge in [-0.2, -0.15) is 0 Å². The zero-order valence-electron chi connectivity index (χ0n) is 39.5. The Labute approximate surface area is 361 Å². The predicted molar refractivity (Wildman–Crippen MR) is 247 cm³/mol. The highest BCUT2D eigenvalue weighted by molar-refractivity contribution is 5.71. The van der Waals surface area contributed by atoms with Gasteiger partial charge < -0.3 is 14.2 Å². The molecule has 0 rings (SSSR count). The smallest absolute Gasteiger partial charge is 0.306 e. The summed E-state index contributed by atoms with van der Waals surface area (Å²) in [5.74, 6) is 0.00954. The highest BCUT2D eigenvalue weighted by Gasteiger charge is 2.19. The minimum Gasteiger partial charge on any atom is -0.462 e. The molecule has 0 spiro atoms. The van der Waals surface area contributed by atoms with Crippen molar-refractivity contribution in [2.24, 2.45) is 5.92 Å². The van der Waals surface area contributed by atoms with Gasteiger partial charge >= 0.3 is 17.9 Å². The van der Waals surface area contributed by atoms with Crippen LogP contribution < -0.4 is 0 Å². The fourth-order valence-electron chi connectivity index (χ4n) is 7.86. The molecular weight excluding hydrogens is 721 g/mol. The maximum Gasteiger partial charge on any atom is 0.306 e. The van der Waals surface area contributed by atoms with E-state index in [0.717, 1.165) is 63.7 Å². The van der Waals surface area contributed by atoms with Crippen LogP contribution in [0, 0.1) is 5.92 Å². The topological polar surface area (TPSA) is 78.9 Å². The minimum atomic E-state index is -0.759. The number of carbonyl (C=O) groups excluding carboxylic acids is 3. The molecule has 0 radical (unpaired) electrons. The monoisotopic (exact) mass is 821 g/mol. The lowest BCUT2D eigenvalue weighted by Gasteiger charge is -2.18. The molecule has 0 unspecified atom stereocenters. The van der Waals surface area contributed by atoms with Gasteiger partial charge in [0.2, 0.25) is 0 Å². The van der Waals surface area contributed by atoms with Crippen LogP contribution in [0.15, 0.2) is 0 Å². The summed E-state index contributed by atoms with van der Waals surface area (Å²) in [6, 6.07) is 0. The number of carbonyl (C=O) groups is 3. The number of unbranched alkanes of at least 4 members (excludes halogenated alkanes) is 34. The van der Waals surface area contributed by atoms with E-state index in [0.29, 0.717) is 19.3 Å². The lowest BCUT2D eigenvalue weighted by atomic mass is 10.0. The van der Waals surface area contributed by atoms with Crippen molar-refractivity contribution >= 4 is 17.9 Å². The van der Waals surface area contributed by atoms with Crippen LogP contribution in [0.3, 0.4) is 0 Å². The maximum atomic E-state index is 12.7. The van der Waals surface area contributed by atoms with Crippen LogP contribution in [0.1, 0.15) is 291 Å². The molecule has 0 bridgehead atoms. The molecule has 0 aromatic carbocycles. The fourth-order valence-corrected chi connectivity index (χ4v) is 7.86. The molecule has 0 heterocycles. The molecule has 0 aromatic rings. The molecule has 6 nitrogen and oxygen atoms in total. The van der Waals surface area contributed by atoms with Gasteiger partial charge in [0.25, 0.3) is 0 Å². The van der Waals surface area contributed by atoms with Gasteiger partial charge in [0.05, 0.1) is 0 Å². The molecule has 0 aliphatic heterocycles. The normalized spacial score (nSPS) is 11.9. The van der Waals surface area contributed by atoms with E-state index >= 15 is 0 Å². The number of ether oxygens (including phenoxy) is 3. The zero-order chi connectivity index (χ0) is 42.4. The Morgan fingerprint density at radius 2 is 0.569 bits per heavy atom. The second kappa shape index (κ2) is 46.5. The van der Waals surface area contributed by atoms with E-state index in [2.05, 4.69) is 27.7 Å².